The summed E-state index contributed by atoms with van der Waals surface area (Å²) in [7, 11) is 1.32. The molecule has 0 aliphatic carbocycles. The number of esters is 1. The van der Waals surface area contributed by atoms with Crippen molar-refractivity contribution in [3.8, 4) is 0 Å². The predicted molar refractivity (Wildman–Crippen MR) is 81.5 cm³/mol. The Labute approximate surface area is 127 Å². The van der Waals surface area contributed by atoms with Crippen molar-refractivity contribution in [1.29, 1.82) is 0 Å². The van der Waals surface area contributed by atoms with Crippen LogP contribution in [0.25, 0.3) is 0 Å². The molecule has 2 aromatic rings. The summed E-state index contributed by atoms with van der Waals surface area (Å²) in [6.07, 6.45) is 0.395. The van der Waals surface area contributed by atoms with Gasteiger partial charge in [-0.25, -0.2) is 9.18 Å². The van der Waals surface area contributed by atoms with Crippen LogP contribution in [-0.2, 0) is 21.6 Å². The second-order valence-electron chi connectivity index (χ2n) is 4.66. The topological polar surface area (TPSA) is 38.3 Å². The molecule has 112 valence electrons. The highest BCUT2D eigenvalue weighted by Gasteiger charge is 2.41. The first-order valence-corrected chi connectivity index (χ1v) is 7.63. The van der Waals surface area contributed by atoms with Crippen LogP contribution in [0, 0.1) is 5.82 Å². The fourth-order valence-electron chi connectivity index (χ4n) is 2.37. The van der Waals surface area contributed by atoms with Crippen molar-refractivity contribution in [2.24, 2.45) is 0 Å². The summed E-state index contributed by atoms with van der Waals surface area (Å²) in [5.74, 6) is -0.893. The van der Waals surface area contributed by atoms with Crippen molar-refractivity contribution in [3.05, 3.63) is 58.0 Å². The first-order valence-electron chi connectivity index (χ1n) is 6.75. The zero-order valence-electron chi connectivity index (χ0n) is 12.1. The number of carbonyl (C=O) groups is 1. The zero-order chi connectivity index (χ0) is 15.3. The molecule has 0 amide bonds. The van der Waals surface area contributed by atoms with E-state index in [4.69, 9.17) is 4.74 Å². The largest absolute Gasteiger partial charge is 0.467 e. The third-order valence-corrected chi connectivity index (χ3v) is 4.42. The fraction of sp³-hybridized carbons (Fsp3) is 0.312. The SMILES string of the molecule is CCC(NCc1cccs1)(C(=O)OC)c1ccccc1F. The molecule has 0 saturated heterocycles. The van der Waals surface area contributed by atoms with Crippen molar-refractivity contribution in [2.75, 3.05) is 7.11 Å². The van der Waals surface area contributed by atoms with Gasteiger partial charge in [0.25, 0.3) is 0 Å². The Bertz CT molecular complexity index is 600. The molecule has 0 fully saturated rings. The average molecular weight is 307 g/mol. The van der Waals surface area contributed by atoms with E-state index in [0.717, 1.165) is 4.88 Å². The van der Waals surface area contributed by atoms with Crippen LogP contribution < -0.4 is 5.32 Å². The second-order valence-corrected chi connectivity index (χ2v) is 5.70. The second kappa shape index (κ2) is 6.83. The van der Waals surface area contributed by atoms with Crippen LogP contribution in [0.4, 0.5) is 4.39 Å². The Hall–Kier alpha value is -1.72. The number of carbonyl (C=O) groups excluding carboxylic acids is 1. The summed E-state index contributed by atoms with van der Waals surface area (Å²) >= 11 is 1.58. The molecule has 2 rings (SSSR count). The maximum absolute atomic E-state index is 14.2. The lowest BCUT2D eigenvalue weighted by molar-refractivity contribution is -0.149. The van der Waals surface area contributed by atoms with Crippen LogP contribution in [0.1, 0.15) is 23.8 Å². The third-order valence-electron chi connectivity index (χ3n) is 3.54. The summed E-state index contributed by atoms with van der Waals surface area (Å²) in [6, 6.07) is 10.2. The molecule has 0 aliphatic rings. The number of halogens is 1. The van der Waals surface area contributed by atoms with E-state index in [0.29, 0.717) is 18.5 Å². The van der Waals surface area contributed by atoms with Crippen LogP contribution in [0.15, 0.2) is 41.8 Å². The molecule has 3 nitrogen and oxygen atoms in total. The molecule has 0 spiro atoms. The quantitative estimate of drug-likeness (QED) is 0.831. The van der Waals surface area contributed by atoms with Gasteiger partial charge in [0.05, 0.1) is 7.11 Å². The molecule has 1 aromatic carbocycles. The molecule has 0 saturated carbocycles. The Morgan fingerprint density at radius 1 is 1.33 bits per heavy atom. The number of methoxy groups -OCH3 is 1. The Balaban J connectivity index is 2.38. The number of benzene rings is 1. The third kappa shape index (κ3) is 3.14. The maximum Gasteiger partial charge on any atom is 0.330 e. The van der Waals surface area contributed by atoms with Crippen molar-refractivity contribution < 1.29 is 13.9 Å². The molecule has 0 aliphatic heterocycles. The molecule has 0 radical (unpaired) electrons. The first kappa shape index (κ1) is 15.7. The van der Waals surface area contributed by atoms with Gasteiger partial charge >= 0.3 is 5.97 Å². The summed E-state index contributed by atoms with van der Waals surface area (Å²) in [4.78, 5) is 13.4. The molecular weight excluding hydrogens is 289 g/mol. The van der Waals surface area contributed by atoms with Gasteiger partial charge in [0, 0.05) is 17.0 Å². The maximum atomic E-state index is 14.2. The van der Waals surface area contributed by atoms with Gasteiger partial charge in [-0.05, 0) is 23.9 Å². The monoisotopic (exact) mass is 307 g/mol. The highest BCUT2D eigenvalue weighted by molar-refractivity contribution is 7.09. The van der Waals surface area contributed by atoms with Crippen LogP contribution in [0.5, 0.6) is 0 Å². The molecule has 0 bridgehead atoms. The highest BCUT2D eigenvalue weighted by Crippen LogP contribution is 2.29. The van der Waals surface area contributed by atoms with Gasteiger partial charge in [0.15, 0.2) is 0 Å². The van der Waals surface area contributed by atoms with Gasteiger partial charge in [0.2, 0.25) is 0 Å². The van der Waals surface area contributed by atoms with Crippen LogP contribution in [0.3, 0.4) is 0 Å². The number of thiophene rings is 1. The normalized spacial score (nSPS) is 13.7. The van der Waals surface area contributed by atoms with Gasteiger partial charge in [-0.15, -0.1) is 11.3 Å². The Morgan fingerprint density at radius 3 is 2.67 bits per heavy atom. The van der Waals surface area contributed by atoms with E-state index >= 15 is 0 Å². The van der Waals surface area contributed by atoms with Crippen LogP contribution in [-0.4, -0.2) is 13.1 Å². The molecule has 1 atom stereocenters. The van der Waals surface area contributed by atoms with E-state index in [1.165, 1.54) is 13.2 Å². The van der Waals surface area contributed by atoms with E-state index in [2.05, 4.69) is 5.32 Å². The van der Waals surface area contributed by atoms with Gasteiger partial charge in [-0.1, -0.05) is 31.2 Å². The highest BCUT2D eigenvalue weighted by atomic mass is 32.1. The average Bonchev–Trinajstić information content (AvgIpc) is 3.02. The molecule has 21 heavy (non-hydrogen) atoms. The number of hydrogen-bond donors (Lipinski definition) is 1. The van der Waals surface area contributed by atoms with Crippen LogP contribution >= 0.6 is 11.3 Å². The van der Waals surface area contributed by atoms with Gasteiger partial charge in [0.1, 0.15) is 11.4 Å². The summed E-state index contributed by atoms with van der Waals surface area (Å²) in [5.41, 5.74) is -0.861. The van der Waals surface area contributed by atoms with Gasteiger partial charge in [-0.2, -0.15) is 0 Å². The summed E-state index contributed by atoms with van der Waals surface area (Å²) in [6.45, 7) is 2.32. The molecule has 1 unspecified atom stereocenters. The lowest BCUT2D eigenvalue weighted by Gasteiger charge is -2.31. The minimum atomic E-state index is -1.18. The smallest absolute Gasteiger partial charge is 0.330 e. The van der Waals surface area contributed by atoms with Crippen molar-refractivity contribution in [3.63, 3.8) is 0 Å². The minimum Gasteiger partial charge on any atom is -0.467 e. The first-order chi connectivity index (χ1) is 10.1. The number of nitrogens with one attached hydrogen (secondary N) is 1. The number of hydrogen-bond acceptors (Lipinski definition) is 4. The van der Waals surface area contributed by atoms with Crippen molar-refractivity contribution >= 4 is 17.3 Å². The Kier molecular flexibility index (Phi) is 5.09. The molecule has 1 N–H and O–H groups in total. The van der Waals surface area contributed by atoms with E-state index in [9.17, 15) is 9.18 Å². The van der Waals surface area contributed by atoms with Gasteiger partial charge in [-0.3, -0.25) is 5.32 Å². The molecule has 5 heteroatoms. The lowest BCUT2D eigenvalue weighted by atomic mass is 9.86. The van der Waals surface area contributed by atoms with Crippen molar-refractivity contribution in [1.82, 2.24) is 5.32 Å². The fourth-order valence-corrected chi connectivity index (χ4v) is 3.01. The summed E-state index contributed by atoms with van der Waals surface area (Å²) < 4.78 is 19.1. The molecule has 1 aromatic heterocycles. The molecule has 1 heterocycles. The van der Waals surface area contributed by atoms with E-state index in [1.54, 1.807) is 29.5 Å². The number of rotatable bonds is 6. The van der Waals surface area contributed by atoms with Crippen molar-refractivity contribution in [2.45, 2.75) is 25.4 Å². The predicted octanol–water partition coefficient (Wildman–Crippen LogP) is 3.46. The van der Waals surface area contributed by atoms with Gasteiger partial charge < -0.3 is 4.74 Å². The van der Waals surface area contributed by atoms with E-state index < -0.39 is 17.3 Å². The number of ether oxygens (including phenoxy) is 1. The standard InChI is InChI=1S/C16H18FNO2S/c1-3-16(15(19)20-2,13-8-4-5-9-14(13)17)18-11-12-7-6-10-21-12/h4-10,18H,3,11H2,1-2H3. The van der Waals surface area contributed by atoms with E-state index in [-0.39, 0.29) is 0 Å². The van der Waals surface area contributed by atoms with E-state index in [1.807, 2.05) is 24.4 Å². The lowest BCUT2D eigenvalue weighted by Crippen LogP contribution is -2.49. The van der Waals surface area contributed by atoms with Crippen LogP contribution in [0.2, 0.25) is 0 Å². The zero-order valence-corrected chi connectivity index (χ0v) is 12.9. The Morgan fingerprint density at radius 2 is 2.10 bits per heavy atom. The molecular formula is C16H18FNO2S. The minimum absolute atomic E-state index is 0.316. The summed E-state index contributed by atoms with van der Waals surface area (Å²) in [5, 5.41) is 5.15.